The summed E-state index contributed by atoms with van der Waals surface area (Å²) in [5, 5.41) is 12.6. The van der Waals surface area contributed by atoms with Crippen molar-refractivity contribution >= 4 is 0 Å². The van der Waals surface area contributed by atoms with Crippen molar-refractivity contribution in [2.24, 2.45) is 5.92 Å². The van der Waals surface area contributed by atoms with Crippen molar-refractivity contribution in [3.05, 3.63) is 54.1 Å². The summed E-state index contributed by atoms with van der Waals surface area (Å²) in [6.07, 6.45) is 2.18. The van der Waals surface area contributed by atoms with Gasteiger partial charge in [0.2, 0.25) is 5.88 Å². The third-order valence-corrected chi connectivity index (χ3v) is 4.45. The molecule has 0 unspecified atom stereocenters. The summed E-state index contributed by atoms with van der Waals surface area (Å²) in [6, 6.07) is 1.32. The van der Waals surface area contributed by atoms with Gasteiger partial charge in [-0.3, -0.25) is 0 Å². The summed E-state index contributed by atoms with van der Waals surface area (Å²) in [7, 11) is 0. The van der Waals surface area contributed by atoms with E-state index in [-0.39, 0.29) is 29.4 Å². The molecule has 7 nitrogen and oxygen atoms in total. The van der Waals surface area contributed by atoms with Gasteiger partial charge in [0.05, 0.1) is 18.5 Å². The first-order valence-corrected chi connectivity index (χ1v) is 9.05. The highest BCUT2D eigenvalue weighted by Crippen LogP contribution is 2.36. The molecule has 10 heteroatoms. The second-order valence-corrected chi connectivity index (χ2v) is 7.02. The Hall–Kier alpha value is -3.30. The number of alkyl halides is 3. The topological polar surface area (TPSA) is 90.5 Å². The zero-order valence-corrected chi connectivity index (χ0v) is 16.3. The van der Waals surface area contributed by atoms with E-state index in [4.69, 9.17) is 9.26 Å². The van der Waals surface area contributed by atoms with Gasteiger partial charge in [0.1, 0.15) is 17.6 Å². The second kappa shape index (κ2) is 8.60. The minimum atomic E-state index is -4.74. The molecule has 2 heterocycles. The van der Waals surface area contributed by atoms with Crippen LogP contribution in [0.1, 0.15) is 26.7 Å². The quantitative estimate of drug-likeness (QED) is 0.498. The van der Waals surface area contributed by atoms with Gasteiger partial charge in [-0.05, 0) is 49.4 Å². The van der Waals surface area contributed by atoms with Crippen LogP contribution in [0, 0.1) is 5.92 Å². The zero-order valence-electron chi connectivity index (χ0n) is 16.3. The molecule has 1 N–H and O–H groups in total. The highest BCUT2D eigenvalue weighted by molar-refractivity contribution is 5.51. The van der Waals surface area contributed by atoms with Crippen molar-refractivity contribution in [2.45, 2.75) is 39.2 Å². The van der Waals surface area contributed by atoms with Crippen LogP contribution < -0.4 is 4.74 Å². The van der Waals surface area contributed by atoms with Gasteiger partial charge in [0.25, 0.3) is 5.88 Å². The summed E-state index contributed by atoms with van der Waals surface area (Å²) in [4.78, 5) is 8.30. The zero-order chi connectivity index (χ0) is 21.9. The normalized spacial score (nSPS) is 18.7. The van der Waals surface area contributed by atoms with E-state index in [2.05, 4.69) is 26.4 Å². The molecule has 1 aliphatic carbocycles. The van der Waals surface area contributed by atoms with Crippen LogP contribution in [0.5, 0.6) is 11.8 Å². The van der Waals surface area contributed by atoms with E-state index >= 15 is 0 Å². The van der Waals surface area contributed by atoms with Crippen molar-refractivity contribution in [3.63, 3.8) is 0 Å². The number of halogens is 3. The molecule has 0 amide bonds. The van der Waals surface area contributed by atoms with Crippen LogP contribution in [-0.4, -0.2) is 32.7 Å². The third kappa shape index (κ3) is 5.62. The summed E-state index contributed by atoms with van der Waals surface area (Å²) in [6.45, 7) is 7.01. The van der Waals surface area contributed by atoms with Crippen LogP contribution in [0.4, 0.5) is 13.2 Å². The molecular formula is C20H20F3N3O4. The van der Waals surface area contributed by atoms with Crippen molar-refractivity contribution in [3.8, 4) is 23.2 Å². The van der Waals surface area contributed by atoms with Gasteiger partial charge < -0.3 is 19.1 Å². The first-order valence-electron chi connectivity index (χ1n) is 9.05. The van der Waals surface area contributed by atoms with E-state index in [0.29, 0.717) is 35.6 Å². The van der Waals surface area contributed by atoms with Gasteiger partial charge in [-0.15, -0.1) is 13.2 Å². The monoisotopic (exact) mass is 423 g/mol. The minimum absolute atomic E-state index is 0.0935. The molecule has 30 heavy (non-hydrogen) atoms. The number of aromatic nitrogens is 3. The van der Waals surface area contributed by atoms with Crippen molar-refractivity contribution in [2.75, 3.05) is 0 Å². The van der Waals surface area contributed by atoms with Crippen LogP contribution in [0.3, 0.4) is 0 Å². The number of nitrogens with zero attached hydrogens (tertiary/aromatic N) is 3. The van der Waals surface area contributed by atoms with Crippen molar-refractivity contribution < 1.29 is 32.3 Å². The smallest absolute Gasteiger partial charge is 0.491 e. The molecule has 0 atom stereocenters. The lowest BCUT2D eigenvalue weighted by molar-refractivity contribution is -0.303. The fourth-order valence-corrected chi connectivity index (χ4v) is 2.77. The molecule has 3 rings (SSSR count). The number of aromatic hydroxyl groups is 1. The van der Waals surface area contributed by atoms with E-state index in [0.717, 1.165) is 0 Å². The number of rotatable bonds is 7. The fraction of sp³-hybridized carbons (Fsp3) is 0.350. The largest absolute Gasteiger partial charge is 0.573 e. The SMILES string of the molecule is C=C(/C=C\C(OC(F)(F)F)=C(C)C)[C@H]1C[C@@H](Oc2cnc(-c3cc(O)no3)cn2)C1. The summed E-state index contributed by atoms with van der Waals surface area (Å²) in [5.41, 5.74) is 1.51. The molecule has 2 aromatic heterocycles. The minimum Gasteiger partial charge on any atom is -0.491 e. The van der Waals surface area contributed by atoms with Crippen LogP contribution >= 0.6 is 0 Å². The lowest BCUT2D eigenvalue weighted by Gasteiger charge is -2.35. The van der Waals surface area contributed by atoms with E-state index in [1.807, 2.05) is 0 Å². The van der Waals surface area contributed by atoms with Gasteiger partial charge in [0, 0.05) is 0 Å². The molecule has 0 bridgehead atoms. The van der Waals surface area contributed by atoms with Crippen LogP contribution in [0.15, 0.2) is 58.6 Å². The van der Waals surface area contributed by atoms with Gasteiger partial charge in [-0.1, -0.05) is 18.2 Å². The Morgan fingerprint density at radius 2 is 1.97 bits per heavy atom. The maximum atomic E-state index is 12.4. The highest BCUT2D eigenvalue weighted by atomic mass is 19.4. The Kier molecular flexibility index (Phi) is 6.14. The average Bonchev–Trinajstić information content (AvgIpc) is 3.07. The number of hydrogen-bond acceptors (Lipinski definition) is 7. The predicted octanol–water partition coefficient (Wildman–Crippen LogP) is 4.94. The predicted molar refractivity (Wildman–Crippen MR) is 100 cm³/mol. The van der Waals surface area contributed by atoms with E-state index in [9.17, 15) is 18.3 Å². The summed E-state index contributed by atoms with van der Waals surface area (Å²) < 4.78 is 52.0. The van der Waals surface area contributed by atoms with E-state index < -0.39 is 6.36 Å². The van der Waals surface area contributed by atoms with Crippen LogP contribution in [0.2, 0.25) is 0 Å². The van der Waals surface area contributed by atoms with Crippen molar-refractivity contribution in [1.29, 1.82) is 0 Å². The standard InChI is InChI=1S/C20H20F3N3O4/c1-11(2)16(29-20(21,22)23)5-4-12(3)13-6-14(7-13)28-19-10-24-15(9-25-19)17-8-18(27)26-30-17/h4-5,8-10,13-14H,3,6-7H2,1-2H3,(H,26,27)/b5-4-/t13-,14+. The Morgan fingerprint density at radius 1 is 1.23 bits per heavy atom. The number of ether oxygens (including phenoxy) is 2. The first-order chi connectivity index (χ1) is 14.1. The van der Waals surface area contributed by atoms with Crippen LogP contribution in [-0.2, 0) is 4.74 Å². The molecule has 0 spiro atoms. The molecular weight excluding hydrogens is 403 g/mol. The molecule has 160 valence electrons. The molecule has 0 radical (unpaired) electrons. The van der Waals surface area contributed by atoms with E-state index in [1.54, 1.807) is 13.8 Å². The molecule has 2 aromatic rings. The van der Waals surface area contributed by atoms with Gasteiger partial charge in [0.15, 0.2) is 5.76 Å². The van der Waals surface area contributed by atoms with Crippen molar-refractivity contribution in [1.82, 2.24) is 15.1 Å². The Labute approximate surface area is 170 Å². The first kappa shape index (κ1) is 21.4. The van der Waals surface area contributed by atoms with Gasteiger partial charge in [-0.2, -0.15) is 0 Å². The molecule has 1 saturated carbocycles. The Balaban J connectivity index is 1.49. The molecule has 0 aliphatic heterocycles. The molecule has 1 aliphatic rings. The Bertz CT molecular complexity index is 954. The maximum Gasteiger partial charge on any atom is 0.573 e. The second-order valence-electron chi connectivity index (χ2n) is 7.02. The van der Waals surface area contributed by atoms with E-state index in [1.165, 1.54) is 30.6 Å². The maximum absolute atomic E-state index is 12.4. The lowest BCUT2D eigenvalue weighted by atomic mass is 9.77. The number of allylic oxidation sites excluding steroid dienone is 4. The number of hydrogen-bond donors (Lipinski definition) is 1. The molecule has 1 fully saturated rings. The summed E-state index contributed by atoms with van der Waals surface area (Å²) >= 11 is 0. The third-order valence-electron chi connectivity index (χ3n) is 4.45. The van der Waals surface area contributed by atoms with Gasteiger partial charge in [-0.25, -0.2) is 9.97 Å². The molecule has 0 saturated heterocycles. The highest BCUT2D eigenvalue weighted by Gasteiger charge is 2.33. The fourth-order valence-electron chi connectivity index (χ4n) is 2.77. The summed E-state index contributed by atoms with van der Waals surface area (Å²) in [5.74, 6) is 0.218. The molecule has 0 aromatic carbocycles. The van der Waals surface area contributed by atoms with Crippen LogP contribution in [0.25, 0.3) is 11.5 Å². The Morgan fingerprint density at radius 3 is 2.50 bits per heavy atom. The van der Waals surface area contributed by atoms with Gasteiger partial charge >= 0.3 is 6.36 Å². The average molecular weight is 423 g/mol. The lowest BCUT2D eigenvalue weighted by Crippen LogP contribution is -2.34.